The van der Waals surface area contributed by atoms with Crippen LogP contribution in [-0.4, -0.2) is 61.6 Å². The highest BCUT2D eigenvalue weighted by Crippen LogP contribution is 2.48. The standard InChI is InChI=1S/C34H38F2N2O7/c1-4-20-13-24(35)14-21(5-2)31(20)37-29(39)18-38-17-26(23-15-27(36)33-28(16-23)44-19-45-33)30(34(40)41)32(38)22-7-9-25(10-8-22)43-12-11-42-6-3/h7-10,13-16,26,30,32H,4-6,11-12,17-19H2,1-3H3,(H,37,39)(H,40,41)/t26-,30?,32+/m1/s1. The number of benzene rings is 3. The largest absolute Gasteiger partial charge is 0.491 e. The summed E-state index contributed by atoms with van der Waals surface area (Å²) >= 11 is 0. The van der Waals surface area contributed by atoms with Crippen molar-refractivity contribution in [1.82, 2.24) is 4.90 Å². The summed E-state index contributed by atoms with van der Waals surface area (Å²) in [6, 6.07) is 12.1. The van der Waals surface area contributed by atoms with Gasteiger partial charge in [0.1, 0.15) is 18.2 Å². The molecule has 1 amide bonds. The fourth-order valence-corrected chi connectivity index (χ4v) is 6.26. The first kappa shape index (κ1) is 32.2. The van der Waals surface area contributed by atoms with Crippen molar-refractivity contribution in [2.24, 2.45) is 5.92 Å². The maximum Gasteiger partial charge on any atom is 0.309 e. The van der Waals surface area contributed by atoms with Crippen molar-refractivity contribution >= 4 is 17.6 Å². The van der Waals surface area contributed by atoms with E-state index in [1.807, 2.05) is 20.8 Å². The number of hydrogen-bond acceptors (Lipinski definition) is 7. The molecule has 2 N–H and O–H groups in total. The third kappa shape index (κ3) is 7.04. The maximum absolute atomic E-state index is 15.0. The van der Waals surface area contributed by atoms with Crippen molar-refractivity contribution in [1.29, 1.82) is 0 Å². The lowest BCUT2D eigenvalue weighted by Gasteiger charge is -2.27. The Kier molecular flexibility index (Phi) is 10.2. The smallest absolute Gasteiger partial charge is 0.309 e. The Bertz CT molecular complexity index is 1510. The van der Waals surface area contributed by atoms with E-state index in [4.69, 9.17) is 18.9 Å². The first-order chi connectivity index (χ1) is 21.7. The highest BCUT2D eigenvalue weighted by molar-refractivity contribution is 5.94. The molecule has 45 heavy (non-hydrogen) atoms. The Morgan fingerprint density at radius 1 is 0.978 bits per heavy atom. The van der Waals surface area contributed by atoms with Gasteiger partial charge in [-0.15, -0.1) is 0 Å². The molecule has 9 nitrogen and oxygen atoms in total. The van der Waals surface area contributed by atoms with E-state index in [0.717, 1.165) is 0 Å². The molecule has 2 heterocycles. The summed E-state index contributed by atoms with van der Waals surface area (Å²) < 4.78 is 50.9. The molecular weight excluding hydrogens is 586 g/mol. The number of carboxylic acid groups (broad SMARTS) is 1. The summed E-state index contributed by atoms with van der Waals surface area (Å²) in [6.07, 6.45) is 1.04. The lowest BCUT2D eigenvalue weighted by Crippen LogP contribution is -2.35. The van der Waals surface area contributed by atoms with Crippen molar-refractivity contribution in [2.45, 2.75) is 45.6 Å². The number of ether oxygens (including phenoxy) is 4. The fraction of sp³-hybridized carbons (Fsp3) is 0.412. The molecular formula is C34H38F2N2O7. The van der Waals surface area contributed by atoms with Crippen LogP contribution in [0.15, 0.2) is 48.5 Å². The summed E-state index contributed by atoms with van der Waals surface area (Å²) in [5.41, 5.74) is 3.03. The SMILES string of the molecule is CCOCCOc1ccc([C@H]2C(C(=O)O)[C@@H](c3cc(F)c4c(c3)OCO4)CN2CC(=O)Nc2c(CC)cc(F)cc2CC)cc1. The summed E-state index contributed by atoms with van der Waals surface area (Å²) in [6.45, 7) is 6.94. The van der Waals surface area contributed by atoms with E-state index in [-0.39, 0.29) is 43.1 Å². The molecule has 1 saturated heterocycles. The van der Waals surface area contributed by atoms with Crippen molar-refractivity contribution in [2.75, 3.05) is 45.0 Å². The van der Waals surface area contributed by atoms with Crippen LogP contribution in [0.4, 0.5) is 14.5 Å². The lowest BCUT2D eigenvalue weighted by molar-refractivity contribution is -0.143. The number of nitrogens with zero attached hydrogens (tertiary/aromatic N) is 1. The normalized spacial score (nSPS) is 19.1. The Balaban J connectivity index is 1.47. The van der Waals surface area contributed by atoms with Crippen molar-refractivity contribution in [3.05, 3.63) is 82.4 Å². The second kappa shape index (κ2) is 14.3. The molecule has 0 radical (unpaired) electrons. The predicted octanol–water partition coefficient (Wildman–Crippen LogP) is 5.71. The predicted molar refractivity (Wildman–Crippen MR) is 163 cm³/mol. The Hall–Kier alpha value is -4.22. The van der Waals surface area contributed by atoms with Gasteiger partial charge in [0.05, 0.1) is 19.1 Å². The van der Waals surface area contributed by atoms with Crippen LogP contribution in [0.3, 0.4) is 0 Å². The van der Waals surface area contributed by atoms with E-state index >= 15 is 0 Å². The molecule has 0 spiro atoms. The molecule has 1 unspecified atom stereocenters. The van der Waals surface area contributed by atoms with Crippen LogP contribution in [-0.2, 0) is 27.2 Å². The zero-order chi connectivity index (χ0) is 32.1. The van der Waals surface area contributed by atoms with E-state index in [2.05, 4.69) is 5.32 Å². The van der Waals surface area contributed by atoms with Gasteiger partial charge in [-0.2, -0.15) is 0 Å². The molecule has 240 valence electrons. The Morgan fingerprint density at radius 2 is 1.69 bits per heavy atom. The fourth-order valence-electron chi connectivity index (χ4n) is 6.26. The summed E-state index contributed by atoms with van der Waals surface area (Å²) in [5, 5.41) is 13.5. The zero-order valence-corrected chi connectivity index (χ0v) is 25.6. The van der Waals surface area contributed by atoms with Crippen LogP contribution in [0, 0.1) is 17.6 Å². The highest BCUT2D eigenvalue weighted by atomic mass is 19.1. The number of rotatable bonds is 13. The summed E-state index contributed by atoms with van der Waals surface area (Å²) in [4.78, 5) is 28.3. The Morgan fingerprint density at radius 3 is 2.33 bits per heavy atom. The van der Waals surface area contributed by atoms with Gasteiger partial charge in [0.2, 0.25) is 18.4 Å². The van der Waals surface area contributed by atoms with Gasteiger partial charge in [-0.1, -0.05) is 26.0 Å². The number of hydrogen-bond donors (Lipinski definition) is 2. The van der Waals surface area contributed by atoms with Gasteiger partial charge in [0, 0.05) is 30.8 Å². The second-order valence-corrected chi connectivity index (χ2v) is 11.1. The molecule has 0 aromatic heterocycles. The van der Waals surface area contributed by atoms with Crippen LogP contribution in [0.25, 0.3) is 0 Å². The van der Waals surface area contributed by atoms with Gasteiger partial charge >= 0.3 is 5.97 Å². The Labute approximate surface area is 261 Å². The molecule has 1 fully saturated rings. The molecule has 0 bridgehead atoms. The molecule has 0 aliphatic carbocycles. The van der Waals surface area contributed by atoms with Gasteiger partial charge in [-0.3, -0.25) is 14.5 Å². The van der Waals surface area contributed by atoms with Crippen molar-refractivity contribution < 1.29 is 42.4 Å². The van der Waals surface area contributed by atoms with Crippen LogP contribution in [0.1, 0.15) is 55.0 Å². The number of anilines is 1. The molecule has 0 saturated carbocycles. The first-order valence-corrected chi connectivity index (χ1v) is 15.2. The van der Waals surface area contributed by atoms with Crippen LogP contribution in [0.5, 0.6) is 17.2 Å². The second-order valence-electron chi connectivity index (χ2n) is 11.1. The molecule has 3 aromatic rings. The first-order valence-electron chi connectivity index (χ1n) is 15.2. The van der Waals surface area contributed by atoms with Crippen molar-refractivity contribution in [3.8, 4) is 17.2 Å². The molecule has 2 aliphatic heterocycles. The van der Waals surface area contributed by atoms with Gasteiger partial charge in [-0.25, -0.2) is 8.78 Å². The number of likely N-dealkylation sites (tertiary alicyclic amines) is 1. The minimum absolute atomic E-state index is 0.00548. The van der Waals surface area contributed by atoms with Crippen LogP contribution < -0.4 is 19.5 Å². The summed E-state index contributed by atoms with van der Waals surface area (Å²) in [5.74, 6) is -3.34. The highest BCUT2D eigenvalue weighted by Gasteiger charge is 2.48. The van der Waals surface area contributed by atoms with Crippen molar-refractivity contribution in [3.63, 3.8) is 0 Å². The van der Waals surface area contributed by atoms with E-state index in [9.17, 15) is 23.5 Å². The number of carboxylic acids is 1. The molecule has 3 aromatic carbocycles. The average Bonchev–Trinajstić information content (AvgIpc) is 3.66. The van der Waals surface area contributed by atoms with E-state index < -0.39 is 29.7 Å². The zero-order valence-electron chi connectivity index (χ0n) is 25.6. The minimum atomic E-state index is -1.08. The quantitative estimate of drug-likeness (QED) is 0.233. The summed E-state index contributed by atoms with van der Waals surface area (Å²) in [7, 11) is 0. The number of aryl methyl sites for hydroxylation is 2. The molecule has 3 atom stereocenters. The number of carbonyl (C=O) groups is 2. The third-order valence-corrected chi connectivity index (χ3v) is 8.32. The maximum atomic E-state index is 15.0. The van der Waals surface area contributed by atoms with Gasteiger partial charge in [0.15, 0.2) is 11.6 Å². The number of amides is 1. The number of carbonyl (C=O) groups excluding carboxylic acids is 1. The van der Waals surface area contributed by atoms with E-state index in [1.165, 1.54) is 18.2 Å². The van der Waals surface area contributed by atoms with Gasteiger partial charge in [0.25, 0.3) is 0 Å². The van der Waals surface area contributed by atoms with Gasteiger partial charge in [-0.05, 0) is 78.4 Å². The minimum Gasteiger partial charge on any atom is -0.491 e. The monoisotopic (exact) mass is 624 g/mol. The number of halogens is 2. The lowest BCUT2D eigenvalue weighted by atomic mass is 9.82. The number of aliphatic carboxylic acids is 1. The van der Waals surface area contributed by atoms with Crippen LogP contribution in [0.2, 0.25) is 0 Å². The topological polar surface area (TPSA) is 107 Å². The number of nitrogens with one attached hydrogen (secondary N) is 1. The molecule has 2 aliphatic rings. The van der Waals surface area contributed by atoms with E-state index in [1.54, 1.807) is 35.2 Å². The number of fused-ring (bicyclic) bond motifs is 1. The van der Waals surface area contributed by atoms with E-state index in [0.29, 0.717) is 66.4 Å². The van der Waals surface area contributed by atoms with Crippen LogP contribution >= 0.6 is 0 Å². The van der Waals surface area contributed by atoms with Gasteiger partial charge < -0.3 is 29.4 Å². The molecule has 11 heteroatoms. The third-order valence-electron chi connectivity index (χ3n) is 8.32. The average molecular weight is 625 g/mol. The molecule has 5 rings (SSSR count).